The molecule has 1 unspecified atom stereocenters. The van der Waals surface area contributed by atoms with Crippen molar-refractivity contribution in [3.05, 3.63) is 0 Å². The Morgan fingerprint density at radius 1 is 1.47 bits per heavy atom. The molecule has 0 bridgehead atoms. The van der Waals surface area contributed by atoms with E-state index in [1.54, 1.807) is 11.8 Å². The summed E-state index contributed by atoms with van der Waals surface area (Å²) >= 11 is 0. The van der Waals surface area contributed by atoms with Gasteiger partial charge < -0.3 is 14.4 Å². The summed E-state index contributed by atoms with van der Waals surface area (Å²) in [6.07, 6.45) is 1.45. The SMILES string of the molecule is CCOC(C)OC(=O)N1CCC(C)CC1. The number of carbonyl (C=O) groups excluding carboxylic acids is 1. The van der Waals surface area contributed by atoms with Gasteiger partial charge in [0.05, 0.1) is 0 Å². The molecule has 1 rings (SSSR count). The highest BCUT2D eigenvalue weighted by molar-refractivity contribution is 5.67. The molecule has 0 aromatic heterocycles. The van der Waals surface area contributed by atoms with Gasteiger partial charge in [-0.05, 0) is 32.6 Å². The molecule has 1 fully saturated rings. The fourth-order valence-corrected chi connectivity index (χ4v) is 1.68. The van der Waals surface area contributed by atoms with Crippen LogP contribution in [0.4, 0.5) is 4.79 Å². The van der Waals surface area contributed by atoms with Gasteiger partial charge in [0.15, 0.2) is 0 Å². The van der Waals surface area contributed by atoms with Crippen LogP contribution in [0.2, 0.25) is 0 Å². The van der Waals surface area contributed by atoms with Gasteiger partial charge in [0, 0.05) is 19.7 Å². The topological polar surface area (TPSA) is 38.8 Å². The summed E-state index contributed by atoms with van der Waals surface area (Å²) in [6.45, 7) is 8.01. The van der Waals surface area contributed by atoms with Gasteiger partial charge in [0.1, 0.15) is 0 Å². The average Bonchev–Trinajstić information content (AvgIpc) is 2.18. The Hall–Kier alpha value is -0.770. The van der Waals surface area contributed by atoms with Crippen molar-refractivity contribution in [3.63, 3.8) is 0 Å². The van der Waals surface area contributed by atoms with Crippen molar-refractivity contribution in [1.29, 1.82) is 0 Å². The molecule has 0 N–H and O–H groups in total. The second-order valence-electron chi connectivity index (χ2n) is 4.08. The molecule has 1 saturated heterocycles. The average molecular weight is 215 g/mol. The molecule has 0 saturated carbocycles. The van der Waals surface area contributed by atoms with Crippen LogP contribution in [0.1, 0.15) is 33.6 Å². The van der Waals surface area contributed by atoms with Crippen molar-refractivity contribution in [2.45, 2.75) is 39.9 Å². The number of likely N-dealkylation sites (tertiary alicyclic amines) is 1. The van der Waals surface area contributed by atoms with E-state index in [2.05, 4.69) is 6.92 Å². The van der Waals surface area contributed by atoms with E-state index in [9.17, 15) is 4.79 Å². The van der Waals surface area contributed by atoms with Gasteiger partial charge in [-0.3, -0.25) is 0 Å². The fourth-order valence-electron chi connectivity index (χ4n) is 1.68. The highest BCUT2D eigenvalue weighted by Gasteiger charge is 2.22. The van der Waals surface area contributed by atoms with Crippen LogP contribution in [0, 0.1) is 5.92 Å². The summed E-state index contributed by atoms with van der Waals surface area (Å²) in [5.41, 5.74) is 0. The molecular formula is C11H21NO3. The summed E-state index contributed by atoms with van der Waals surface area (Å²) in [4.78, 5) is 13.4. The number of amides is 1. The molecule has 15 heavy (non-hydrogen) atoms. The molecule has 88 valence electrons. The fraction of sp³-hybridized carbons (Fsp3) is 0.909. The van der Waals surface area contributed by atoms with Crippen LogP contribution in [0.5, 0.6) is 0 Å². The minimum absolute atomic E-state index is 0.247. The van der Waals surface area contributed by atoms with E-state index in [1.807, 2.05) is 6.92 Å². The Balaban J connectivity index is 2.27. The smallest absolute Gasteiger partial charge is 0.412 e. The summed E-state index contributed by atoms with van der Waals surface area (Å²) in [5.74, 6) is 0.721. The van der Waals surface area contributed by atoms with Gasteiger partial charge in [-0.25, -0.2) is 4.79 Å². The number of piperidine rings is 1. The highest BCUT2D eigenvalue weighted by atomic mass is 16.7. The number of carbonyl (C=O) groups is 1. The van der Waals surface area contributed by atoms with Crippen LogP contribution in [0.3, 0.4) is 0 Å². The van der Waals surface area contributed by atoms with E-state index in [4.69, 9.17) is 9.47 Å². The van der Waals surface area contributed by atoms with Crippen molar-refractivity contribution in [2.24, 2.45) is 5.92 Å². The van der Waals surface area contributed by atoms with Crippen molar-refractivity contribution >= 4 is 6.09 Å². The van der Waals surface area contributed by atoms with Gasteiger partial charge in [0.25, 0.3) is 0 Å². The summed E-state index contributed by atoms with van der Waals surface area (Å²) in [7, 11) is 0. The third kappa shape index (κ3) is 4.08. The van der Waals surface area contributed by atoms with Gasteiger partial charge in [0.2, 0.25) is 6.29 Å². The Kier molecular flexibility index (Phi) is 4.88. The van der Waals surface area contributed by atoms with E-state index in [1.165, 1.54) is 0 Å². The quantitative estimate of drug-likeness (QED) is 0.678. The first-order valence-electron chi connectivity index (χ1n) is 5.70. The van der Waals surface area contributed by atoms with E-state index >= 15 is 0 Å². The van der Waals surface area contributed by atoms with E-state index in [0.29, 0.717) is 6.61 Å². The highest BCUT2D eigenvalue weighted by Crippen LogP contribution is 2.16. The van der Waals surface area contributed by atoms with Crippen LogP contribution in [-0.2, 0) is 9.47 Å². The maximum atomic E-state index is 11.6. The number of hydrogen-bond acceptors (Lipinski definition) is 3. The van der Waals surface area contributed by atoms with Crippen LogP contribution in [0.25, 0.3) is 0 Å². The van der Waals surface area contributed by atoms with E-state index in [-0.39, 0.29) is 6.09 Å². The molecule has 1 aliphatic rings. The monoisotopic (exact) mass is 215 g/mol. The summed E-state index contributed by atoms with van der Waals surface area (Å²) < 4.78 is 10.3. The Labute approximate surface area is 91.5 Å². The first-order valence-corrected chi connectivity index (χ1v) is 5.70. The lowest BCUT2D eigenvalue weighted by Gasteiger charge is -2.30. The van der Waals surface area contributed by atoms with Gasteiger partial charge >= 0.3 is 6.09 Å². The molecule has 4 nitrogen and oxygen atoms in total. The maximum Gasteiger partial charge on any atom is 0.412 e. The molecule has 1 amide bonds. The van der Waals surface area contributed by atoms with Crippen LogP contribution < -0.4 is 0 Å². The molecule has 0 aliphatic carbocycles. The van der Waals surface area contributed by atoms with Crippen molar-refractivity contribution < 1.29 is 14.3 Å². The minimum atomic E-state index is -0.443. The van der Waals surface area contributed by atoms with Crippen LogP contribution >= 0.6 is 0 Å². The van der Waals surface area contributed by atoms with Crippen LogP contribution in [-0.4, -0.2) is 37.0 Å². The first kappa shape index (κ1) is 12.3. The standard InChI is InChI=1S/C11H21NO3/c1-4-14-10(3)15-11(13)12-7-5-9(2)6-8-12/h9-10H,4-8H2,1-3H3. The lowest BCUT2D eigenvalue weighted by atomic mass is 10.00. The predicted octanol–water partition coefficient (Wildman–Crippen LogP) is 2.24. The van der Waals surface area contributed by atoms with E-state index in [0.717, 1.165) is 31.8 Å². The largest absolute Gasteiger partial charge is 0.420 e. The summed E-state index contributed by atoms with van der Waals surface area (Å²) in [5, 5.41) is 0. The Bertz CT molecular complexity index is 200. The first-order chi connectivity index (χ1) is 7.13. The molecule has 0 spiro atoms. The van der Waals surface area contributed by atoms with Crippen molar-refractivity contribution in [1.82, 2.24) is 4.90 Å². The molecule has 1 heterocycles. The number of nitrogens with zero attached hydrogens (tertiary/aromatic N) is 1. The second-order valence-corrected chi connectivity index (χ2v) is 4.08. The molecule has 4 heteroatoms. The lowest BCUT2D eigenvalue weighted by Crippen LogP contribution is -2.39. The normalized spacial score (nSPS) is 20.1. The summed E-state index contributed by atoms with van der Waals surface area (Å²) in [6, 6.07) is 0. The molecule has 0 aromatic carbocycles. The molecule has 1 atom stereocenters. The maximum absolute atomic E-state index is 11.6. The van der Waals surface area contributed by atoms with Gasteiger partial charge in [-0.15, -0.1) is 0 Å². The lowest BCUT2D eigenvalue weighted by molar-refractivity contribution is -0.0966. The molecular weight excluding hydrogens is 194 g/mol. The minimum Gasteiger partial charge on any atom is -0.420 e. The zero-order valence-corrected chi connectivity index (χ0v) is 9.86. The Morgan fingerprint density at radius 3 is 2.60 bits per heavy atom. The zero-order chi connectivity index (χ0) is 11.3. The number of hydrogen-bond donors (Lipinski definition) is 0. The van der Waals surface area contributed by atoms with Crippen LogP contribution in [0.15, 0.2) is 0 Å². The van der Waals surface area contributed by atoms with Crippen molar-refractivity contribution in [2.75, 3.05) is 19.7 Å². The molecule has 0 aromatic rings. The predicted molar refractivity (Wildman–Crippen MR) is 57.5 cm³/mol. The number of rotatable bonds is 3. The Morgan fingerprint density at radius 2 is 2.07 bits per heavy atom. The van der Waals surface area contributed by atoms with Gasteiger partial charge in [-0.2, -0.15) is 0 Å². The third-order valence-electron chi connectivity index (χ3n) is 2.71. The molecule has 1 aliphatic heterocycles. The van der Waals surface area contributed by atoms with Gasteiger partial charge in [-0.1, -0.05) is 6.92 Å². The zero-order valence-electron chi connectivity index (χ0n) is 9.86. The molecule has 0 radical (unpaired) electrons. The number of ether oxygens (including phenoxy) is 2. The van der Waals surface area contributed by atoms with E-state index < -0.39 is 6.29 Å². The third-order valence-corrected chi connectivity index (χ3v) is 2.71. The van der Waals surface area contributed by atoms with Crippen molar-refractivity contribution in [3.8, 4) is 0 Å². The second kappa shape index (κ2) is 5.95.